The van der Waals surface area contributed by atoms with Gasteiger partial charge in [-0.2, -0.15) is 0 Å². The van der Waals surface area contributed by atoms with Crippen LogP contribution >= 0.6 is 11.6 Å². The van der Waals surface area contributed by atoms with Crippen molar-refractivity contribution in [2.24, 2.45) is 0 Å². The highest BCUT2D eigenvalue weighted by atomic mass is 35.5. The Bertz CT molecular complexity index is 1270. The molecule has 34 heavy (non-hydrogen) atoms. The van der Waals surface area contributed by atoms with Crippen molar-refractivity contribution in [2.75, 3.05) is 18.1 Å². The second-order valence-electron chi connectivity index (χ2n) is 7.31. The number of anilines is 1. The average Bonchev–Trinajstić information content (AvgIpc) is 3.43. The van der Waals surface area contributed by atoms with Crippen molar-refractivity contribution in [3.8, 4) is 11.5 Å². The molecule has 1 aromatic heterocycles. The molecular weight excluding hydrogens is 465 g/mol. The molecule has 7 nitrogen and oxygen atoms in total. The first kappa shape index (κ1) is 23.4. The third-order valence-electron chi connectivity index (χ3n) is 5.26. The van der Waals surface area contributed by atoms with Crippen molar-refractivity contribution >= 4 is 34.7 Å². The number of aliphatic hydroxyl groups is 1. The van der Waals surface area contributed by atoms with E-state index >= 15 is 0 Å². The minimum atomic E-state index is -1.11. The summed E-state index contributed by atoms with van der Waals surface area (Å²) in [7, 11) is 0. The van der Waals surface area contributed by atoms with Crippen LogP contribution in [0.5, 0.6) is 11.5 Å². The second-order valence-corrected chi connectivity index (χ2v) is 7.71. The van der Waals surface area contributed by atoms with Crippen molar-refractivity contribution in [3.05, 3.63) is 82.5 Å². The summed E-state index contributed by atoms with van der Waals surface area (Å²) in [4.78, 5) is 27.4. The molecule has 0 radical (unpaired) electrons. The van der Waals surface area contributed by atoms with Gasteiger partial charge in [-0.3, -0.25) is 14.5 Å². The molecule has 4 rings (SSSR count). The fraction of sp³-hybridized carbons (Fsp3) is 0.200. The molecule has 1 saturated heterocycles. The quantitative estimate of drug-likeness (QED) is 0.270. The zero-order valence-electron chi connectivity index (χ0n) is 18.4. The van der Waals surface area contributed by atoms with Gasteiger partial charge in [0.1, 0.15) is 34.9 Å². The number of furan rings is 1. The smallest absolute Gasteiger partial charge is 0.300 e. The van der Waals surface area contributed by atoms with Gasteiger partial charge in [-0.15, -0.1) is 0 Å². The van der Waals surface area contributed by atoms with Gasteiger partial charge in [0.25, 0.3) is 11.7 Å². The molecule has 176 valence electrons. The van der Waals surface area contributed by atoms with E-state index in [1.807, 2.05) is 6.92 Å². The van der Waals surface area contributed by atoms with Gasteiger partial charge in [0.05, 0.1) is 35.6 Å². The van der Waals surface area contributed by atoms with Gasteiger partial charge in [-0.05, 0) is 56.3 Å². The summed E-state index contributed by atoms with van der Waals surface area (Å²) >= 11 is 5.93. The van der Waals surface area contributed by atoms with Gasteiger partial charge in [-0.1, -0.05) is 11.6 Å². The van der Waals surface area contributed by atoms with E-state index < -0.39 is 29.3 Å². The maximum atomic E-state index is 13.8. The molecule has 3 aromatic rings. The molecule has 0 spiro atoms. The number of hydrogen-bond acceptors (Lipinski definition) is 6. The predicted molar refractivity (Wildman–Crippen MR) is 124 cm³/mol. The Morgan fingerprint density at radius 3 is 2.53 bits per heavy atom. The van der Waals surface area contributed by atoms with Gasteiger partial charge in [0, 0.05) is 11.8 Å². The van der Waals surface area contributed by atoms with E-state index in [9.17, 15) is 19.1 Å². The first-order valence-corrected chi connectivity index (χ1v) is 10.9. The van der Waals surface area contributed by atoms with Crippen LogP contribution in [0.1, 0.15) is 31.2 Å². The number of hydrogen-bond donors (Lipinski definition) is 1. The van der Waals surface area contributed by atoms with E-state index in [4.69, 9.17) is 25.5 Å². The highest BCUT2D eigenvalue weighted by Gasteiger charge is 2.48. The molecule has 9 heteroatoms. The summed E-state index contributed by atoms with van der Waals surface area (Å²) in [5.74, 6) is -1.95. The first-order chi connectivity index (χ1) is 16.4. The van der Waals surface area contributed by atoms with Crippen molar-refractivity contribution in [1.29, 1.82) is 0 Å². The second kappa shape index (κ2) is 9.61. The number of ether oxygens (including phenoxy) is 2. The third kappa shape index (κ3) is 4.12. The Morgan fingerprint density at radius 2 is 1.88 bits per heavy atom. The summed E-state index contributed by atoms with van der Waals surface area (Å²) in [5.41, 5.74) is 0.174. The normalized spacial score (nSPS) is 17.3. The van der Waals surface area contributed by atoms with E-state index in [2.05, 4.69) is 0 Å². The fourth-order valence-corrected chi connectivity index (χ4v) is 4.00. The van der Waals surface area contributed by atoms with E-state index in [0.29, 0.717) is 19.0 Å². The topological polar surface area (TPSA) is 89.2 Å². The summed E-state index contributed by atoms with van der Waals surface area (Å²) in [6.07, 6.45) is 1.38. The number of Topliss-reactive ketones (excluding diaryl/α,β-unsaturated/α-hetero) is 1. The van der Waals surface area contributed by atoms with E-state index in [-0.39, 0.29) is 33.4 Å². The fourth-order valence-electron chi connectivity index (χ4n) is 3.82. The summed E-state index contributed by atoms with van der Waals surface area (Å²) in [5, 5.41) is 11.1. The molecule has 1 amide bonds. The lowest BCUT2D eigenvalue weighted by molar-refractivity contribution is -0.132. The number of carbonyl (C=O) groups excluding carboxylic acids is 2. The van der Waals surface area contributed by atoms with Crippen LogP contribution in [-0.4, -0.2) is 30.0 Å². The molecular formula is C25H21ClFNO6. The van der Waals surface area contributed by atoms with Gasteiger partial charge >= 0.3 is 0 Å². The lowest BCUT2D eigenvalue weighted by Crippen LogP contribution is -2.29. The zero-order valence-corrected chi connectivity index (χ0v) is 19.1. The van der Waals surface area contributed by atoms with Gasteiger partial charge in [0.2, 0.25) is 0 Å². The minimum absolute atomic E-state index is 0.172. The van der Waals surface area contributed by atoms with Crippen LogP contribution in [0.15, 0.2) is 64.8 Å². The molecule has 1 atom stereocenters. The predicted octanol–water partition coefficient (Wildman–Crippen LogP) is 5.50. The zero-order chi connectivity index (χ0) is 24.4. The van der Waals surface area contributed by atoms with Gasteiger partial charge in [-0.25, -0.2) is 4.39 Å². The number of carbonyl (C=O) groups is 2. The van der Waals surface area contributed by atoms with Crippen LogP contribution in [-0.2, 0) is 9.59 Å². The van der Waals surface area contributed by atoms with E-state index in [1.165, 1.54) is 18.4 Å². The number of rotatable bonds is 7. The number of aliphatic hydroxyl groups excluding tert-OH is 1. The maximum Gasteiger partial charge on any atom is 0.300 e. The first-order valence-electron chi connectivity index (χ1n) is 10.6. The molecule has 1 fully saturated rings. The number of amides is 1. The van der Waals surface area contributed by atoms with Crippen molar-refractivity contribution < 1.29 is 33.0 Å². The Balaban J connectivity index is 1.91. The minimum Gasteiger partial charge on any atom is -0.507 e. The highest BCUT2D eigenvalue weighted by molar-refractivity contribution is 6.51. The lowest BCUT2D eigenvalue weighted by Gasteiger charge is -2.23. The molecule has 0 bridgehead atoms. The largest absolute Gasteiger partial charge is 0.507 e. The van der Waals surface area contributed by atoms with Gasteiger partial charge in [0.15, 0.2) is 0 Å². The molecule has 1 aliphatic rings. The number of halogens is 2. The number of ketones is 1. The molecule has 0 aliphatic carbocycles. The third-order valence-corrected chi connectivity index (χ3v) is 5.55. The Labute approximate surface area is 200 Å². The monoisotopic (exact) mass is 485 g/mol. The van der Waals surface area contributed by atoms with Crippen LogP contribution in [0.3, 0.4) is 0 Å². The van der Waals surface area contributed by atoms with Crippen LogP contribution in [0, 0.1) is 5.82 Å². The standard InChI is InChI=1S/C25H21ClFNO6/c1-3-32-15-8-9-16(20(13-15)33-4-2)23(29)21-22(19-6-5-11-34-19)28(25(31)24(21)30)14-7-10-18(27)17(26)12-14/h5-13,22,29H,3-4H2,1-2H3/b23-21-. The Kier molecular flexibility index (Phi) is 6.61. The SMILES string of the molecule is CCOc1ccc(/C(O)=C2/C(=O)C(=O)N(c3ccc(F)c(Cl)c3)C2c2ccco2)c(OCC)c1. The summed E-state index contributed by atoms with van der Waals surface area (Å²) in [6.45, 7) is 4.33. The van der Waals surface area contributed by atoms with Crippen molar-refractivity contribution in [3.63, 3.8) is 0 Å². The molecule has 0 saturated carbocycles. The molecule has 1 aliphatic heterocycles. The van der Waals surface area contributed by atoms with E-state index in [0.717, 1.165) is 11.0 Å². The number of benzene rings is 2. The maximum absolute atomic E-state index is 13.8. The Hall–Kier alpha value is -3.78. The highest BCUT2D eigenvalue weighted by Crippen LogP contribution is 2.44. The number of nitrogens with zero attached hydrogens (tertiary/aromatic N) is 1. The average molecular weight is 486 g/mol. The Morgan fingerprint density at radius 1 is 1.12 bits per heavy atom. The van der Waals surface area contributed by atoms with E-state index in [1.54, 1.807) is 37.3 Å². The lowest BCUT2D eigenvalue weighted by atomic mass is 9.98. The summed E-state index contributed by atoms with van der Waals surface area (Å²) in [6, 6.07) is 10.5. The van der Waals surface area contributed by atoms with Crippen LogP contribution in [0.25, 0.3) is 5.76 Å². The van der Waals surface area contributed by atoms with Crippen molar-refractivity contribution in [2.45, 2.75) is 19.9 Å². The van der Waals surface area contributed by atoms with Crippen molar-refractivity contribution in [1.82, 2.24) is 0 Å². The van der Waals surface area contributed by atoms with Crippen LogP contribution in [0.4, 0.5) is 10.1 Å². The molecule has 2 aromatic carbocycles. The van der Waals surface area contributed by atoms with Gasteiger partial charge < -0.3 is 19.0 Å². The van der Waals surface area contributed by atoms with Crippen LogP contribution in [0.2, 0.25) is 5.02 Å². The summed E-state index contributed by atoms with van der Waals surface area (Å²) < 4.78 is 30.5. The molecule has 1 unspecified atom stereocenters. The molecule has 1 N–H and O–H groups in total. The molecule has 2 heterocycles. The van der Waals surface area contributed by atoms with Crippen LogP contribution < -0.4 is 14.4 Å².